The molecule has 1 unspecified atom stereocenters. The maximum atomic E-state index is 13.3. The molecule has 1 fully saturated rings. The van der Waals surface area contributed by atoms with Gasteiger partial charge in [0.2, 0.25) is 0 Å². The minimum atomic E-state index is -0.995. The molecule has 5 rings (SSSR count). The number of aromatic nitrogens is 1. The number of methoxy groups -OCH3 is 1. The fraction of sp³-hybridized carbons (Fsp3) is 0.0800. The average molecular weight is 493 g/mol. The number of carbonyl (C=O) groups excluding carboxylic acids is 2. The first kappa shape index (κ1) is 21.9. The lowest BCUT2D eigenvalue weighted by atomic mass is 9.95. The summed E-state index contributed by atoms with van der Waals surface area (Å²) in [6.45, 7) is 0. The molecule has 3 aromatic carbocycles. The van der Waals surface area contributed by atoms with E-state index in [1.165, 1.54) is 35.5 Å². The van der Waals surface area contributed by atoms with Gasteiger partial charge in [-0.15, -0.1) is 0 Å². The number of aliphatic hydroxyl groups excluding tert-OH is 1. The van der Waals surface area contributed by atoms with E-state index in [4.69, 9.17) is 16.3 Å². The summed E-state index contributed by atoms with van der Waals surface area (Å²) in [6.07, 6.45) is 0. The van der Waals surface area contributed by atoms with Crippen LogP contribution in [0.15, 0.2) is 72.3 Å². The minimum Gasteiger partial charge on any atom is -0.507 e. The molecule has 0 radical (unpaired) electrons. The number of fused-ring (bicyclic) bond motifs is 1. The number of phenols is 1. The van der Waals surface area contributed by atoms with Gasteiger partial charge in [-0.1, -0.05) is 59.3 Å². The predicted octanol–water partition coefficient (Wildman–Crippen LogP) is 5.29. The number of halogens is 1. The van der Waals surface area contributed by atoms with Gasteiger partial charge in [0.15, 0.2) is 16.6 Å². The van der Waals surface area contributed by atoms with Crippen LogP contribution < -0.4 is 9.64 Å². The van der Waals surface area contributed by atoms with Gasteiger partial charge >= 0.3 is 5.91 Å². The molecule has 1 amide bonds. The number of carbonyl (C=O) groups is 2. The second-order valence-corrected chi connectivity index (χ2v) is 9.02. The van der Waals surface area contributed by atoms with Crippen LogP contribution in [0.3, 0.4) is 0 Å². The number of thiazole rings is 1. The molecule has 1 aliphatic rings. The number of rotatable bonds is 4. The maximum Gasteiger partial charge on any atom is 0.301 e. The van der Waals surface area contributed by atoms with Crippen molar-refractivity contribution in [3.05, 3.63) is 88.5 Å². The van der Waals surface area contributed by atoms with E-state index < -0.39 is 17.7 Å². The van der Waals surface area contributed by atoms with Gasteiger partial charge in [-0.05, 0) is 35.9 Å². The Bertz CT molecular complexity index is 1480. The minimum absolute atomic E-state index is 0.0822. The van der Waals surface area contributed by atoms with Gasteiger partial charge in [-0.3, -0.25) is 14.5 Å². The van der Waals surface area contributed by atoms with Crippen molar-refractivity contribution in [2.75, 3.05) is 12.0 Å². The second-order valence-electron chi connectivity index (χ2n) is 7.57. The van der Waals surface area contributed by atoms with Gasteiger partial charge in [-0.25, -0.2) is 4.98 Å². The third-order valence-electron chi connectivity index (χ3n) is 5.56. The van der Waals surface area contributed by atoms with Crippen LogP contribution in [0, 0.1) is 0 Å². The Morgan fingerprint density at radius 2 is 1.85 bits per heavy atom. The predicted molar refractivity (Wildman–Crippen MR) is 131 cm³/mol. The Balaban J connectivity index is 1.75. The van der Waals surface area contributed by atoms with E-state index >= 15 is 0 Å². The molecule has 1 saturated heterocycles. The fourth-order valence-corrected chi connectivity index (χ4v) is 5.22. The van der Waals surface area contributed by atoms with Crippen molar-refractivity contribution in [2.45, 2.75) is 6.04 Å². The SMILES string of the molecule is COc1cc(C2/C(=C(\O)c3ccccc3)C(=O)C(=O)N2c2nc3ccc(Cl)cc3s2)ccc1O. The Kier molecular flexibility index (Phi) is 5.47. The first-order valence-electron chi connectivity index (χ1n) is 10.2. The number of amides is 1. The van der Waals surface area contributed by atoms with Gasteiger partial charge in [0.25, 0.3) is 5.78 Å². The zero-order valence-electron chi connectivity index (χ0n) is 17.7. The summed E-state index contributed by atoms with van der Waals surface area (Å²) < 4.78 is 5.98. The monoisotopic (exact) mass is 492 g/mol. The summed E-state index contributed by atoms with van der Waals surface area (Å²) in [5, 5.41) is 22.0. The van der Waals surface area contributed by atoms with Crippen molar-refractivity contribution in [3.8, 4) is 11.5 Å². The molecule has 1 aliphatic heterocycles. The van der Waals surface area contributed by atoms with Crippen LogP contribution in [0.2, 0.25) is 5.02 Å². The van der Waals surface area contributed by atoms with Crippen molar-refractivity contribution in [3.63, 3.8) is 0 Å². The van der Waals surface area contributed by atoms with E-state index in [-0.39, 0.29) is 28.0 Å². The highest BCUT2D eigenvalue weighted by molar-refractivity contribution is 7.22. The summed E-state index contributed by atoms with van der Waals surface area (Å²) in [4.78, 5) is 32.4. The topological polar surface area (TPSA) is 100.0 Å². The smallest absolute Gasteiger partial charge is 0.301 e. The lowest BCUT2D eigenvalue weighted by Gasteiger charge is -2.23. The number of hydrogen-bond acceptors (Lipinski definition) is 7. The first-order chi connectivity index (χ1) is 16.4. The van der Waals surface area contributed by atoms with Crippen LogP contribution in [-0.2, 0) is 9.59 Å². The molecule has 2 N–H and O–H groups in total. The van der Waals surface area contributed by atoms with E-state index in [2.05, 4.69) is 4.98 Å². The molecule has 34 heavy (non-hydrogen) atoms. The van der Waals surface area contributed by atoms with E-state index in [0.717, 1.165) is 4.70 Å². The van der Waals surface area contributed by atoms with Crippen molar-refractivity contribution >= 4 is 55.7 Å². The molecule has 1 aromatic heterocycles. The van der Waals surface area contributed by atoms with Crippen LogP contribution >= 0.6 is 22.9 Å². The van der Waals surface area contributed by atoms with Crippen molar-refractivity contribution < 1.29 is 24.5 Å². The molecule has 2 heterocycles. The first-order valence-corrected chi connectivity index (χ1v) is 11.4. The number of aromatic hydroxyl groups is 1. The van der Waals surface area contributed by atoms with Gasteiger partial charge in [-0.2, -0.15) is 0 Å². The average Bonchev–Trinajstić information content (AvgIpc) is 3.37. The van der Waals surface area contributed by atoms with Crippen molar-refractivity contribution in [1.29, 1.82) is 0 Å². The third kappa shape index (κ3) is 3.57. The molecule has 0 saturated carbocycles. The number of anilines is 1. The zero-order chi connectivity index (χ0) is 24.0. The normalized spacial score (nSPS) is 17.5. The summed E-state index contributed by atoms with van der Waals surface area (Å²) in [5.41, 5.74) is 1.40. The molecule has 170 valence electrons. The van der Waals surface area contributed by atoms with Crippen LogP contribution in [0.5, 0.6) is 11.5 Å². The highest BCUT2D eigenvalue weighted by Gasteiger charge is 2.48. The quantitative estimate of drug-likeness (QED) is 0.228. The number of ketones is 1. The van der Waals surface area contributed by atoms with Crippen LogP contribution in [-0.4, -0.2) is 34.0 Å². The molecule has 0 spiro atoms. The van der Waals surface area contributed by atoms with Gasteiger partial charge in [0.1, 0.15) is 5.76 Å². The number of Topliss-reactive ketones (excluding diaryl/α,β-unsaturated/α-hetero) is 1. The molecule has 1 atom stereocenters. The van der Waals surface area contributed by atoms with E-state index in [9.17, 15) is 19.8 Å². The van der Waals surface area contributed by atoms with E-state index in [1.54, 1.807) is 54.6 Å². The zero-order valence-corrected chi connectivity index (χ0v) is 19.3. The maximum absolute atomic E-state index is 13.3. The largest absolute Gasteiger partial charge is 0.507 e. The Morgan fingerprint density at radius 3 is 2.59 bits per heavy atom. The lowest BCUT2D eigenvalue weighted by Crippen LogP contribution is -2.29. The molecular weight excluding hydrogens is 476 g/mol. The fourth-order valence-electron chi connectivity index (χ4n) is 3.95. The molecule has 0 aliphatic carbocycles. The third-order valence-corrected chi connectivity index (χ3v) is 6.81. The number of benzene rings is 3. The summed E-state index contributed by atoms with van der Waals surface area (Å²) in [7, 11) is 1.40. The Hall–Kier alpha value is -3.88. The summed E-state index contributed by atoms with van der Waals surface area (Å²) >= 11 is 7.32. The Labute approximate surface area is 203 Å². The highest BCUT2D eigenvalue weighted by atomic mass is 35.5. The summed E-state index contributed by atoms with van der Waals surface area (Å²) in [5.74, 6) is -1.89. The molecule has 0 bridgehead atoms. The Morgan fingerprint density at radius 1 is 1.09 bits per heavy atom. The lowest BCUT2D eigenvalue weighted by molar-refractivity contribution is -0.132. The van der Waals surface area contributed by atoms with Crippen LogP contribution in [0.4, 0.5) is 5.13 Å². The number of aliphatic hydroxyl groups is 1. The number of hydrogen-bond donors (Lipinski definition) is 2. The van der Waals surface area contributed by atoms with E-state index in [0.29, 0.717) is 21.7 Å². The number of phenolic OH excluding ortho intramolecular Hbond substituents is 1. The van der Waals surface area contributed by atoms with Gasteiger partial charge in [0, 0.05) is 10.6 Å². The standard InChI is InChI=1S/C25H17ClN2O5S/c1-33-18-11-14(7-10-17(18)29)21-20(22(30)13-5-3-2-4-6-13)23(31)24(32)28(21)25-27-16-9-8-15(26)12-19(16)34-25/h2-12,21,29-30H,1H3/b22-20+. The number of nitrogens with zero attached hydrogens (tertiary/aromatic N) is 2. The number of ether oxygens (including phenoxy) is 1. The van der Waals surface area contributed by atoms with Crippen LogP contribution in [0.1, 0.15) is 17.2 Å². The molecular formula is C25H17ClN2O5S. The van der Waals surface area contributed by atoms with Gasteiger partial charge < -0.3 is 14.9 Å². The van der Waals surface area contributed by atoms with Crippen molar-refractivity contribution in [1.82, 2.24) is 4.98 Å². The van der Waals surface area contributed by atoms with Crippen molar-refractivity contribution in [2.24, 2.45) is 0 Å². The van der Waals surface area contributed by atoms with Crippen LogP contribution in [0.25, 0.3) is 16.0 Å². The molecule has 4 aromatic rings. The highest BCUT2D eigenvalue weighted by Crippen LogP contribution is 2.45. The second kappa shape index (κ2) is 8.48. The van der Waals surface area contributed by atoms with Gasteiger partial charge in [0.05, 0.1) is 28.9 Å². The molecule has 7 nitrogen and oxygen atoms in total. The summed E-state index contributed by atoms with van der Waals surface area (Å²) in [6, 6.07) is 17.2. The molecule has 9 heteroatoms. The van der Waals surface area contributed by atoms with E-state index in [1.807, 2.05) is 0 Å².